The normalized spacial score (nSPS) is 13.8. The van der Waals surface area contributed by atoms with Crippen molar-refractivity contribution in [1.82, 2.24) is 0 Å². The molecule has 0 N–H and O–H groups in total. The van der Waals surface area contributed by atoms with Gasteiger partial charge >= 0.3 is 5.97 Å². The number of hydrogen-bond acceptors (Lipinski definition) is 2. The second kappa shape index (κ2) is 13.6. The molecule has 0 aliphatic heterocycles. The third kappa shape index (κ3) is 12.3. The molecule has 0 radical (unpaired) electrons. The van der Waals surface area contributed by atoms with Crippen LogP contribution in [0, 0.1) is 17.8 Å². The largest absolute Gasteiger partial charge is 0.462 e. The van der Waals surface area contributed by atoms with E-state index in [1.165, 1.54) is 44.9 Å². The summed E-state index contributed by atoms with van der Waals surface area (Å²) in [7, 11) is 0. The van der Waals surface area contributed by atoms with E-state index in [0.29, 0.717) is 12.2 Å². The Kier molecular flexibility index (Phi) is 13.2. The Morgan fingerprint density at radius 2 is 1.35 bits per heavy atom. The van der Waals surface area contributed by atoms with Crippen molar-refractivity contribution in [3.8, 4) is 0 Å². The Labute approximate surface area is 145 Å². The van der Waals surface area contributed by atoms with Crippen LogP contribution >= 0.6 is 0 Å². The third-order valence-electron chi connectivity index (χ3n) is 5.08. The van der Waals surface area contributed by atoms with Crippen molar-refractivity contribution in [2.45, 2.75) is 92.4 Å². The van der Waals surface area contributed by atoms with Crippen molar-refractivity contribution < 1.29 is 9.53 Å². The van der Waals surface area contributed by atoms with Crippen LogP contribution in [0.15, 0.2) is 12.2 Å². The predicted octanol–water partition coefficient (Wildman–Crippen LogP) is 6.54. The highest BCUT2D eigenvalue weighted by molar-refractivity contribution is 5.86. The van der Waals surface area contributed by atoms with Gasteiger partial charge in [-0.05, 0) is 31.1 Å². The highest BCUT2D eigenvalue weighted by Crippen LogP contribution is 2.25. The van der Waals surface area contributed by atoms with E-state index in [1.807, 2.05) is 0 Å². The summed E-state index contributed by atoms with van der Waals surface area (Å²) in [5, 5.41) is 0. The Morgan fingerprint density at radius 1 is 0.870 bits per heavy atom. The quantitative estimate of drug-likeness (QED) is 0.206. The molecule has 0 rings (SSSR count). The van der Waals surface area contributed by atoms with E-state index in [-0.39, 0.29) is 5.97 Å². The van der Waals surface area contributed by atoms with Gasteiger partial charge in [-0.15, -0.1) is 0 Å². The van der Waals surface area contributed by atoms with Gasteiger partial charge in [0.25, 0.3) is 0 Å². The zero-order chi connectivity index (χ0) is 17.7. The number of ether oxygens (including phenoxy) is 1. The van der Waals surface area contributed by atoms with Crippen molar-refractivity contribution in [3.05, 3.63) is 12.2 Å². The van der Waals surface area contributed by atoms with Gasteiger partial charge in [-0.1, -0.05) is 85.6 Å². The van der Waals surface area contributed by atoms with Gasteiger partial charge in [0.05, 0.1) is 6.61 Å². The van der Waals surface area contributed by atoms with Gasteiger partial charge in [0.15, 0.2) is 0 Å². The Bertz CT molecular complexity index is 320. The molecular formula is C21H40O2. The molecular weight excluding hydrogens is 284 g/mol. The summed E-state index contributed by atoms with van der Waals surface area (Å²) in [5.41, 5.74) is 0.488. The van der Waals surface area contributed by atoms with Crippen LogP contribution in [0.1, 0.15) is 92.4 Å². The van der Waals surface area contributed by atoms with Gasteiger partial charge in [0, 0.05) is 5.57 Å². The van der Waals surface area contributed by atoms with Crippen LogP contribution in [0.2, 0.25) is 0 Å². The minimum absolute atomic E-state index is 0.258. The molecule has 0 aromatic heterocycles. The summed E-state index contributed by atoms with van der Waals surface area (Å²) < 4.78 is 5.08. The average molecular weight is 325 g/mol. The molecule has 136 valence electrons. The second-order valence-corrected chi connectivity index (χ2v) is 7.61. The number of rotatable bonds is 14. The van der Waals surface area contributed by atoms with Crippen LogP contribution in [0.3, 0.4) is 0 Å². The molecule has 23 heavy (non-hydrogen) atoms. The Balaban J connectivity index is 3.31. The van der Waals surface area contributed by atoms with Gasteiger partial charge < -0.3 is 4.74 Å². The molecule has 0 spiro atoms. The number of carbonyl (C=O) groups excluding carboxylic acids is 1. The maximum Gasteiger partial charge on any atom is 0.333 e. The summed E-state index contributed by atoms with van der Waals surface area (Å²) in [6.45, 7) is 15.3. The van der Waals surface area contributed by atoms with Gasteiger partial charge in [0.2, 0.25) is 0 Å². The van der Waals surface area contributed by atoms with Crippen molar-refractivity contribution in [2.24, 2.45) is 17.8 Å². The molecule has 0 saturated heterocycles. The molecule has 0 bridgehead atoms. The first kappa shape index (κ1) is 22.2. The van der Waals surface area contributed by atoms with E-state index in [2.05, 4.69) is 34.3 Å². The smallest absolute Gasteiger partial charge is 0.333 e. The lowest BCUT2D eigenvalue weighted by Crippen LogP contribution is -2.14. The summed E-state index contributed by atoms with van der Waals surface area (Å²) in [6.07, 6.45) is 11.6. The molecule has 0 aliphatic rings. The predicted molar refractivity (Wildman–Crippen MR) is 100 cm³/mol. The third-order valence-corrected chi connectivity index (χ3v) is 5.08. The highest BCUT2D eigenvalue weighted by Gasteiger charge is 2.14. The highest BCUT2D eigenvalue weighted by atomic mass is 16.5. The number of hydrogen-bond donors (Lipinski definition) is 0. The zero-order valence-electron chi connectivity index (χ0n) is 16.3. The van der Waals surface area contributed by atoms with Crippen LogP contribution in [0.5, 0.6) is 0 Å². The van der Waals surface area contributed by atoms with Crippen LogP contribution in [0.25, 0.3) is 0 Å². The molecule has 0 aromatic rings. The molecule has 0 aliphatic carbocycles. The van der Waals surface area contributed by atoms with E-state index in [4.69, 9.17) is 4.74 Å². The first-order chi connectivity index (χ1) is 10.9. The Hall–Kier alpha value is -0.790. The van der Waals surface area contributed by atoms with E-state index in [1.54, 1.807) is 6.92 Å². The minimum Gasteiger partial charge on any atom is -0.462 e. The summed E-state index contributed by atoms with van der Waals surface area (Å²) in [5.74, 6) is 2.25. The van der Waals surface area contributed by atoms with Crippen LogP contribution in [0.4, 0.5) is 0 Å². The minimum atomic E-state index is -0.258. The second-order valence-electron chi connectivity index (χ2n) is 7.61. The van der Waals surface area contributed by atoms with E-state index < -0.39 is 0 Å². The van der Waals surface area contributed by atoms with Crippen LogP contribution < -0.4 is 0 Å². The van der Waals surface area contributed by atoms with E-state index in [0.717, 1.165) is 30.6 Å². The average Bonchev–Trinajstić information content (AvgIpc) is 2.50. The van der Waals surface area contributed by atoms with Crippen molar-refractivity contribution in [1.29, 1.82) is 0 Å². The number of carbonyl (C=O) groups is 1. The molecule has 0 fully saturated rings. The van der Waals surface area contributed by atoms with Crippen molar-refractivity contribution in [3.63, 3.8) is 0 Å². The zero-order valence-corrected chi connectivity index (χ0v) is 16.3. The molecule has 0 heterocycles. The summed E-state index contributed by atoms with van der Waals surface area (Å²) in [4.78, 5) is 11.2. The Morgan fingerprint density at radius 3 is 1.83 bits per heavy atom. The molecule has 0 saturated carbocycles. The van der Waals surface area contributed by atoms with Gasteiger partial charge in [-0.3, -0.25) is 0 Å². The molecule has 0 amide bonds. The van der Waals surface area contributed by atoms with Gasteiger partial charge in [-0.2, -0.15) is 0 Å². The fourth-order valence-corrected chi connectivity index (χ4v) is 2.84. The fourth-order valence-electron chi connectivity index (χ4n) is 2.84. The lowest BCUT2D eigenvalue weighted by atomic mass is 9.83. The molecule has 2 unspecified atom stereocenters. The number of unbranched alkanes of at least 4 members (excludes halogenated alkanes) is 7. The lowest BCUT2D eigenvalue weighted by molar-refractivity contribution is -0.139. The lowest BCUT2D eigenvalue weighted by Gasteiger charge is -2.23. The topological polar surface area (TPSA) is 26.3 Å². The van der Waals surface area contributed by atoms with Crippen molar-refractivity contribution in [2.75, 3.05) is 6.61 Å². The maximum atomic E-state index is 11.2. The molecule has 2 nitrogen and oxygen atoms in total. The van der Waals surface area contributed by atoms with Crippen LogP contribution in [-0.4, -0.2) is 12.6 Å². The summed E-state index contributed by atoms with van der Waals surface area (Å²) >= 11 is 0. The number of esters is 1. The van der Waals surface area contributed by atoms with E-state index in [9.17, 15) is 4.79 Å². The van der Waals surface area contributed by atoms with Crippen LogP contribution in [-0.2, 0) is 9.53 Å². The SMILES string of the molecule is C=C(C)C(=O)OCCCCCCCCCCC(C)C(C)C(C)C. The first-order valence-corrected chi connectivity index (χ1v) is 9.68. The molecule has 2 atom stereocenters. The fraction of sp³-hybridized carbons (Fsp3) is 0.857. The molecule has 2 heteroatoms. The monoisotopic (exact) mass is 324 g/mol. The van der Waals surface area contributed by atoms with Gasteiger partial charge in [-0.25, -0.2) is 4.79 Å². The van der Waals surface area contributed by atoms with E-state index >= 15 is 0 Å². The maximum absolute atomic E-state index is 11.2. The standard InChI is InChI=1S/C21H40O2/c1-17(2)20(6)19(5)15-13-11-9-7-8-10-12-14-16-23-21(22)18(3)4/h17,19-20H,3,7-16H2,1-2,4-6H3. The first-order valence-electron chi connectivity index (χ1n) is 9.68. The molecule has 0 aromatic carbocycles. The summed E-state index contributed by atoms with van der Waals surface area (Å²) in [6, 6.07) is 0. The van der Waals surface area contributed by atoms with Gasteiger partial charge in [0.1, 0.15) is 0 Å². The van der Waals surface area contributed by atoms with Crippen molar-refractivity contribution >= 4 is 5.97 Å².